The standard InChI is InChI=1S/C12H19NO2S/c1-4-9-16(14,15)12-8-6-5-7-11(12)13-10(2)3/h5-8,10,13H,4,9H2,1-3H3. The van der Waals surface area contributed by atoms with Crippen LogP contribution >= 0.6 is 0 Å². The van der Waals surface area contributed by atoms with Crippen molar-refractivity contribution in [3.05, 3.63) is 24.3 Å². The summed E-state index contributed by atoms with van der Waals surface area (Å²) in [6.45, 7) is 5.85. The molecule has 3 nitrogen and oxygen atoms in total. The van der Waals surface area contributed by atoms with Crippen LogP contribution in [0.25, 0.3) is 0 Å². The first-order chi connectivity index (χ1) is 7.47. The monoisotopic (exact) mass is 241 g/mol. The van der Waals surface area contributed by atoms with Crippen LogP contribution in [0.1, 0.15) is 27.2 Å². The van der Waals surface area contributed by atoms with Gasteiger partial charge in [-0.05, 0) is 32.4 Å². The fourth-order valence-corrected chi connectivity index (χ4v) is 3.05. The minimum atomic E-state index is -3.15. The van der Waals surface area contributed by atoms with Gasteiger partial charge in [-0.3, -0.25) is 0 Å². The molecule has 0 aliphatic rings. The zero-order chi connectivity index (χ0) is 12.2. The Balaban J connectivity index is 3.13. The normalized spacial score (nSPS) is 11.8. The minimum Gasteiger partial charge on any atom is -0.382 e. The van der Waals surface area contributed by atoms with Crippen molar-refractivity contribution in [1.29, 1.82) is 0 Å². The molecule has 1 aromatic rings. The van der Waals surface area contributed by atoms with Crippen molar-refractivity contribution in [1.82, 2.24) is 0 Å². The molecule has 1 aromatic carbocycles. The molecule has 0 fully saturated rings. The fraction of sp³-hybridized carbons (Fsp3) is 0.500. The smallest absolute Gasteiger partial charge is 0.180 e. The molecular weight excluding hydrogens is 222 g/mol. The maximum absolute atomic E-state index is 12.0. The van der Waals surface area contributed by atoms with Crippen molar-refractivity contribution in [3.63, 3.8) is 0 Å². The van der Waals surface area contributed by atoms with Crippen LogP contribution in [0.4, 0.5) is 5.69 Å². The molecule has 0 saturated carbocycles. The van der Waals surface area contributed by atoms with Gasteiger partial charge in [-0.1, -0.05) is 19.1 Å². The van der Waals surface area contributed by atoms with E-state index >= 15 is 0 Å². The Morgan fingerprint density at radius 1 is 1.25 bits per heavy atom. The van der Waals surface area contributed by atoms with Crippen molar-refractivity contribution in [3.8, 4) is 0 Å². The van der Waals surface area contributed by atoms with Gasteiger partial charge in [0.25, 0.3) is 0 Å². The summed E-state index contributed by atoms with van der Waals surface area (Å²) in [5.41, 5.74) is 0.700. The van der Waals surface area contributed by atoms with E-state index in [-0.39, 0.29) is 11.8 Å². The van der Waals surface area contributed by atoms with E-state index in [0.717, 1.165) is 0 Å². The van der Waals surface area contributed by atoms with E-state index in [2.05, 4.69) is 5.32 Å². The van der Waals surface area contributed by atoms with E-state index in [1.54, 1.807) is 12.1 Å². The van der Waals surface area contributed by atoms with Gasteiger partial charge in [0.1, 0.15) is 0 Å². The molecule has 0 bridgehead atoms. The zero-order valence-electron chi connectivity index (χ0n) is 10.0. The second kappa shape index (κ2) is 5.34. The molecule has 4 heteroatoms. The summed E-state index contributed by atoms with van der Waals surface area (Å²) in [5.74, 6) is 0.198. The van der Waals surface area contributed by atoms with Gasteiger partial charge in [0.15, 0.2) is 9.84 Å². The summed E-state index contributed by atoms with van der Waals surface area (Å²) in [5, 5.41) is 3.16. The van der Waals surface area contributed by atoms with Crippen LogP contribution in [0.15, 0.2) is 29.2 Å². The van der Waals surface area contributed by atoms with Gasteiger partial charge < -0.3 is 5.32 Å². The number of sulfone groups is 1. The van der Waals surface area contributed by atoms with Gasteiger partial charge in [-0.2, -0.15) is 0 Å². The van der Waals surface area contributed by atoms with Gasteiger partial charge in [-0.25, -0.2) is 8.42 Å². The van der Waals surface area contributed by atoms with Crippen molar-refractivity contribution >= 4 is 15.5 Å². The SMILES string of the molecule is CCCS(=O)(=O)c1ccccc1NC(C)C. The van der Waals surface area contributed by atoms with Crippen molar-refractivity contribution in [2.75, 3.05) is 11.1 Å². The number of anilines is 1. The fourth-order valence-electron chi connectivity index (χ4n) is 1.55. The Kier molecular flexibility index (Phi) is 4.35. The summed E-state index contributed by atoms with van der Waals surface area (Å²) in [7, 11) is -3.15. The third-order valence-electron chi connectivity index (χ3n) is 2.14. The van der Waals surface area contributed by atoms with Gasteiger partial charge >= 0.3 is 0 Å². The highest BCUT2D eigenvalue weighted by Gasteiger charge is 2.17. The van der Waals surface area contributed by atoms with E-state index in [4.69, 9.17) is 0 Å². The predicted molar refractivity (Wildman–Crippen MR) is 67.5 cm³/mol. The molecule has 0 radical (unpaired) electrons. The first-order valence-corrected chi connectivity index (χ1v) is 7.21. The number of hydrogen-bond acceptors (Lipinski definition) is 3. The van der Waals surface area contributed by atoms with Crippen LogP contribution in [0.5, 0.6) is 0 Å². The molecule has 0 aliphatic heterocycles. The highest BCUT2D eigenvalue weighted by Crippen LogP contribution is 2.23. The van der Waals surface area contributed by atoms with Crippen LogP contribution in [0, 0.1) is 0 Å². The number of benzene rings is 1. The third kappa shape index (κ3) is 3.23. The lowest BCUT2D eigenvalue weighted by atomic mass is 10.3. The first kappa shape index (κ1) is 13.0. The van der Waals surface area contributed by atoms with Crippen molar-refractivity contribution in [2.45, 2.75) is 38.1 Å². The predicted octanol–water partition coefficient (Wildman–Crippen LogP) is 2.69. The number of hydrogen-bond donors (Lipinski definition) is 1. The molecular formula is C12H19NO2S. The summed E-state index contributed by atoms with van der Waals surface area (Å²) in [6.07, 6.45) is 0.637. The average molecular weight is 241 g/mol. The van der Waals surface area contributed by atoms with Crippen LogP contribution in [-0.2, 0) is 9.84 Å². The van der Waals surface area contributed by atoms with E-state index in [1.165, 1.54) is 0 Å². The Bertz CT molecular complexity index is 438. The highest BCUT2D eigenvalue weighted by molar-refractivity contribution is 7.91. The van der Waals surface area contributed by atoms with Crippen LogP contribution in [0.3, 0.4) is 0 Å². The van der Waals surface area contributed by atoms with E-state index in [9.17, 15) is 8.42 Å². The minimum absolute atomic E-state index is 0.198. The number of para-hydroxylation sites is 1. The maximum atomic E-state index is 12.0. The number of rotatable bonds is 5. The largest absolute Gasteiger partial charge is 0.382 e. The lowest BCUT2D eigenvalue weighted by Gasteiger charge is -2.14. The van der Waals surface area contributed by atoms with E-state index in [1.807, 2.05) is 32.9 Å². The Labute approximate surface area is 97.8 Å². The zero-order valence-corrected chi connectivity index (χ0v) is 10.8. The van der Waals surface area contributed by atoms with E-state index < -0.39 is 9.84 Å². The van der Waals surface area contributed by atoms with Crippen LogP contribution in [-0.4, -0.2) is 20.2 Å². The van der Waals surface area contributed by atoms with Crippen molar-refractivity contribution in [2.24, 2.45) is 0 Å². The molecule has 0 saturated heterocycles. The Morgan fingerprint density at radius 2 is 1.88 bits per heavy atom. The molecule has 0 heterocycles. The Hall–Kier alpha value is -1.03. The molecule has 90 valence electrons. The van der Waals surface area contributed by atoms with Gasteiger partial charge in [0, 0.05) is 6.04 Å². The lowest BCUT2D eigenvalue weighted by molar-refractivity contribution is 0.595. The summed E-state index contributed by atoms with van der Waals surface area (Å²) >= 11 is 0. The maximum Gasteiger partial charge on any atom is 0.180 e. The lowest BCUT2D eigenvalue weighted by Crippen LogP contribution is -2.14. The van der Waals surface area contributed by atoms with Gasteiger partial charge in [0.05, 0.1) is 16.3 Å². The molecule has 1 N–H and O–H groups in total. The topological polar surface area (TPSA) is 46.2 Å². The molecule has 0 aromatic heterocycles. The van der Waals surface area contributed by atoms with Crippen LogP contribution in [0.2, 0.25) is 0 Å². The second-order valence-corrected chi connectivity index (χ2v) is 6.19. The summed E-state index contributed by atoms with van der Waals surface area (Å²) in [4.78, 5) is 0.408. The first-order valence-electron chi connectivity index (χ1n) is 5.55. The van der Waals surface area contributed by atoms with Gasteiger partial charge in [0.2, 0.25) is 0 Å². The summed E-state index contributed by atoms with van der Waals surface area (Å²) in [6, 6.07) is 7.29. The molecule has 0 unspecified atom stereocenters. The van der Waals surface area contributed by atoms with Crippen molar-refractivity contribution < 1.29 is 8.42 Å². The third-order valence-corrected chi connectivity index (χ3v) is 4.11. The second-order valence-electron chi connectivity index (χ2n) is 4.11. The molecule has 0 atom stereocenters. The quantitative estimate of drug-likeness (QED) is 0.862. The van der Waals surface area contributed by atoms with Crippen LogP contribution < -0.4 is 5.32 Å². The average Bonchev–Trinajstić information content (AvgIpc) is 2.17. The van der Waals surface area contributed by atoms with Gasteiger partial charge in [-0.15, -0.1) is 0 Å². The molecule has 0 aliphatic carbocycles. The number of nitrogens with one attached hydrogen (secondary N) is 1. The molecule has 16 heavy (non-hydrogen) atoms. The molecule has 0 amide bonds. The molecule has 0 spiro atoms. The molecule has 1 rings (SSSR count). The van der Waals surface area contributed by atoms with E-state index in [0.29, 0.717) is 17.0 Å². The highest BCUT2D eigenvalue weighted by atomic mass is 32.2. The Morgan fingerprint density at radius 3 is 2.44 bits per heavy atom. The summed E-state index contributed by atoms with van der Waals surface area (Å²) < 4.78 is 24.0.